The molecule has 0 saturated carbocycles. The molecule has 0 atom stereocenters. The smallest absolute Gasteiger partial charge is 0.129 e. The molecule has 1 aromatic heterocycles. The van der Waals surface area contributed by atoms with E-state index >= 15 is 0 Å². The van der Waals surface area contributed by atoms with E-state index in [1.54, 1.807) is 12.1 Å². The van der Waals surface area contributed by atoms with Gasteiger partial charge in [0.05, 0.1) is 23.4 Å². The van der Waals surface area contributed by atoms with E-state index in [1.807, 2.05) is 13.0 Å². The van der Waals surface area contributed by atoms with Crippen molar-refractivity contribution in [3.05, 3.63) is 52.6 Å². The molecule has 0 amide bonds. The first-order valence-corrected chi connectivity index (χ1v) is 7.00. The van der Waals surface area contributed by atoms with Crippen molar-refractivity contribution in [1.82, 2.24) is 14.7 Å². The van der Waals surface area contributed by atoms with Crippen LogP contribution in [0.15, 0.2) is 24.3 Å². The average Bonchev–Trinajstić information content (AvgIpc) is 2.73. The van der Waals surface area contributed by atoms with Gasteiger partial charge in [-0.3, -0.25) is 9.58 Å². The molecule has 0 bridgehead atoms. The predicted molar refractivity (Wildman–Crippen MR) is 77.1 cm³/mol. The van der Waals surface area contributed by atoms with Gasteiger partial charge in [-0.25, -0.2) is 4.39 Å². The Morgan fingerprint density at radius 2 is 2.10 bits per heavy atom. The van der Waals surface area contributed by atoms with Crippen molar-refractivity contribution in [2.24, 2.45) is 0 Å². The third-order valence-electron chi connectivity index (χ3n) is 3.90. The van der Waals surface area contributed by atoms with E-state index in [4.69, 9.17) is 5.26 Å². The maximum Gasteiger partial charge on any atom is 0.129 e. The van der Waals surface area contributed by atoms with E-state index in [1.165, 1.54) is 11.8 Å². The fourth-order valence-corrected chi connectivity index (χ4v) is 2.83. The number of aryl methyl sites for hydroxylation is 2. The van der Waals surface area contributed by atoms with Gasteiger partial charge in [-0.1, -0.05) is 6.07 Å². The first kappa shape index (κ1) is 13.8. The Morgan fingerprint density at radius 1 is 1.33 bits per heavy atom. The third-order valence-corrected chi connectivity index (χ3v) is 3.90. The minimum absolute atomic E-state index is 0.302. The summed E-state index contributed by atoms with van der Waals surface area (Å²) in [7, 11) is 0. The number of benzene rings is 1. The first-order valence-electron chi connectivity index (χ1n) is 7.00. The second kappa shape index (κ2) is 5.30. The molecule has 1 fully saturated rings. The molecule has 0 radical (unpaired) electrons. The van der Waals surface area contributed by atoms with Gasteiger partial charge < -0.3 is 0 Å². The second-order valence-corrected chi connectivity index (χ2v) is 5.64. The highest BCUT2D eigenvalue weighted by Crippen LogP contribution is 2.25. The SMILES string of the molecule is Cc1cc(C)n(C2CN(Cc3ccc(C#N)cc3F)C2)n1. The number of hydrogen-bond donors (Lipinski definition) is 0. The zero-order valence-corrected chi connectivity index (χ0v) is 12.2. The van der Waals surface area contributed by atoms with Gasteiger partial charge >= 0.3 is 0 Å². The van der Waals surface area contributed by atoms with Gasteiger partial charge in [-0.15, -0.1) is 0 Å². The van der Waals surface area contributed by atoms with Gasteiger partial charge in [0.1, 0.15) is 5.82 Å². The van der Waals surface area contributed by atoms with Crippen LogP contribution in [0.5, 0.6) is 0 Å². The lowest BCUT2D eigenvalue weighted by Gasteiger charge is -2.39. The molecular weight excluding hydrogens is 267 g/mol. The molecule has 108 valence electrons. The van der Waals surface area contributed by atoms with E-state index in [2.05, 4.69) is 27.7 Å². The molecule has 4 nitrogen and oxygen atoms in total. The van der Waals surface area contributed by atoms with Gasteiger partial charge in [0.15, 0.2) is 0 Å². The molecule has 21 heavy (non-hydrogen) atoms. The van der Waals surface area contributed by atoms with Gasteiger partial charge in [-0.05, 0) is 32.0 Å². The van der Waals surface area contributed by atoms with Crippen LogP contribution >= 0.6 is 0 Å². The van der Waals surface area contributed by atoms with Crippen LogP contribution in [0.25, 0.3) is 0 Å². The Bertz CT molecular complexity index is 708. The summed E-state index contributed by atoms with van der Waals surface area (Å²) in [5.74, 6) is -0.302. The molecule has 2 heterocycles. The number of nitrogens with zero attached hydrogens (tertiary/aromatic N) is 4. The number of halogens is 1. The van der Waals surface area contributed by atoms with E-state index < -0.39 is 0 Å². The molecule has 0 spiro atoms. The largest absolute Gasteiger partial charge is 0.295 e. The number of likely N-dealkylation sites (tertiary alicyclic amines) is 1. The highest BCUT2D eigenvalue weighted by molar-refractivity contribution is 5.33. The van der Waals surface area contributed by atoms with Crippen molar-refractivity contribution >= 4 is 0 Å². The maximum absolute atomic E-state index is 13.9. The molecule has 1 saturated heterocycles. The normalized spacial score (nSPS) is 15.7. The Balaban J connectivity index is 1.63. The van der Waals surface area contributed by atoms with Crippen molar-refractivity contribution in [2.45, 2.75) is 26.4 Å². The highest BCUT2D eigenvalue weighted by Gasteiger charge is 2.30. The van der Waals surface area contributed by atoms with Gasteiger partial charge in [-0.2, -0.15) is 10.4 Å². The summed E-state index contributed by atoms with van der Waals surface area (Å²) in [4.78, 5) is 2.19. The Morgan fingerprint density at radius 3 is 2.67 bits per heavy atom. The average molecular weight is 284 g/mol. The lowest BCUT2D eigenvalue weighted by Crippen LogP contribution is -2.47. The van der Waals surface area contributed by atoms with Crippen molar-refractivity contribution in [2.75, 3.05) is 13.1 Å². The van der Waals surface area contributed by atoms with E-state index in [0.717, 1.165) is 18.8 Å². The summed E-state index contributed by atoms with van der Waals surface area (Å²) in [6.07, 6.45) is 0. The van der Waals surface area contributed by atoms with Gasteiger partial charge in [0, 0.05) is 30.9 Å². The van der Waals surface area contributed by atoms with Crippen LogP contribution in [0.1, 0.15) is 28.6 Å². The second-order valence-electron chi connectivity index (χ2n) is 5.64. The minimum atomic E-state index is -0.302. The van der Waals surface area contributed by atoms with Crippen molar-refractivity contribution in [3.63, 3.8) is 0 Å². The first-order chi connectivity index (χ1) is 10.1. The maximum atomic E-state index is 13.9. The molecule has 0 N–H and O–H groups in total. The van der Waals surface area contributed by atoms with Crippen LogP contribution in [-0.4, -0.2) is 27.8 Å². The number of nitriles is 1. The third kappa shape index (κ3) is 2.67. The highest BCUT2D eigenvalue weighted by atomic mass is 19.1. The fraction of sp³-hybridized carbons (Fsp3) is 0.375. The van der Waals surface area contributed by atoms with Gasteiger partial charge in [0.2, 0.25) is 0 Å². The Hall–Kier alpha value is -2.19. The molecule has 1 aliphatic heterocycles. The molecular formula is C16H17FN4. The zero-order chi connectivity index (χ0) is 15.0. The number of hydrogen-bond acceptors (Lipinski definition) is 3. The van der Waals surface area contributed by atoms with Crippen LogP contribution in [0.4, 0.5) is 4.39 Å². The standard InChI is InChI=1S/C16H17FN4/c1-11-5-12(2)21(19-11)15-9-20(10-15)8-14-4-3-13(7-18)6-16(14)17/h3-6,15H,8-10H2,1-2H3. The molecule has 3 rings (SSSR count). The quantitative estimate of drug-likeness (QED) is 0.870. The summed E-state index contributed by atoms with van der Waals surface area (Å²) in [5.41, 5.74) is 3.20. The van der Waals surface area contributed by atoms with Crippen molar-refractivity contribution < 1.29 is 4.39 Å². The van der Waals surface area contributed by atoms with Crippen molar-refractivity contribution in [1.29, 1.82) is 5.26 Å². The Kier molecular flexibility index (Phi) is 3.48. The van der Waals surface area contributed by atoms with E-state index in [9.17, 15) is 4.39 Å². The topological polar surface area (TPSA) is 44.9 Å². The van der Waals surface area contributed by atoms with Crippen LogP contribution in [0.2, 0.25) is 0 Å². The summed E-state index contributed by atoms with van der Waals surface area (Å²) in [6, 6.07) is 9.06. The Labute approximate surface area is 123 Å². The molecule has 5 heteroatoms. The summed E-state index contributed by atoms with van der Waals surface area (Å²) in [6.45, 7) is 6.38. The lowest BCUT2D eigenvalue weighted by molar-refractivity contribution is 0.0882. The fourth-order valence-electron chi connectivity index (χ4n) is 2.83. The summed E-state index contributed by atoms with van der Waals surface area (Å²) < 4.78 is 15.9. The summed E-state index contributed by atoms with van der Waals surface area (Å²) >= 11 is 0. The van der Waals surface area contributed by atoms with E-state index in [-0.39, 0.29) is 5.82 Å². The monoisotopic (exact) mass is 284 g/mol. The minimum Gasteiger partial charge on any atom is -0.295 e. The van der Waals surface area contributed by atoms with Crippen LogP contribution in [0, 0.1) is 31.0 Å². The van der Waals surface area contributed by atoms with E-state index in [0.29, 0.717) is 23.7 Å². The van der Waals surface area contributed by atoms with Gasteiger partial charge in [0.25, 0.3) is 0 Å². The molecule has 1 aliphatic rings. The summed E-state index contributed by atoms with van der Waals surface area (Å²) in [5, 5.41) is 13.2. The van der Waals surface area contributed by atoms with Crippen molar-refractivity contribution in [3.8, 4) is 6.07 Å². The molecule has 2 aromatic rings. The molecule has 0 unspecified atom stereocenters. The van der Waals surface area contributed by atoms with Crippen LogP contribution in [0.3, 0.4) is 0 Å². The number of aromatic nitrogens is 2. The zero-order valence-electron chi connectivity index (χ0n) is 12.2. The van der Waals surface area contributed by atoms with Crippen LogP contribution in [-0.2, 0) is 6.54 Å². The molecule has 0 aliphatic carbocycles. The predicted octanol–water partition coefficient (Wildman–Crippen LogP) is 2.57. The molecule has 1 aromatic carbocycles. The number of rotatable bonds is 3. The van der Waals surface area contributed by atoms with Crippen LogP contribution < -0.4 is 0 Å². The lowest BCUT2D eigenvalue weighted by atomic mass is 10.1.